The van der Waals surface area contributed by atoms with E-state index >= 15 is 0 Å². The third-order valence-electron chi connectivity index (χ3n) is 6.40. The van der Waals surface area contributed by atoms with Crippen molar-refractivity contribution in [2.75, 3.05) is 59.5 Å². The van der Waals surface area contributed by atoms with Crippen molar-refractivity contribution in [2.24, 2.45) is 0 Å². The fourth-order valence-electron chi connectivity index (χ4n) is 4.36. The van der Waals surface area contributed by atoms with Crippen molar-refractivity contribution in [1.82, 2.24) is 14.7 Å². The monoisotopic (exact) mass is 783 g/mol. The highest BCUT2D eigenvalue weighted by Gasteiger charge is 2.44. The van der Waals surface area contributed by atoms with Gasteiger partial charge in [-0.05, 0) is 61.2 Å². The molecule has 2 fully saturated rings. The van der Waals surface area contributed by atoms with Crippen molar-refractivity contribution in [3.05, 3.63) is 0 Å². The van der Waals surface area contributed by atoms with Gasteiger partial charge in [0.05, 0.1) is 52.0 Å². The van der Waals surface area contributed by atoms with Gasteiger partial charge in [0.15, 0.2) is 0 Å². The second kappa shape index (κ2) is 21.8. The number of ether oxygens (including phenoxy) is 4. The van der Waals surface area contributed by atoms with Crippen molar-refractivity contribution in [3.63, 3.8) is 0 Å². The molecule has 0 bridgehead atoms. The molecule has 2 rings (SSSR count). The Morgan fingerprint density at radius 2 is 1.08 bits per heavy atom. The summed E-state index contributed by atoms with van der Waals surface area (Å²) in [5.41, 5.74) is -1.36. The number of aliphatic hydroxyl groups is 1. The summed E-state index contributed by atoms with van der Waals surface area (Å²) in [4.78, 5) is 51.8. The molecule has 1 N–H and O–H groups in total. The highest BCUT2D eigenvalue weighted by atomic mass is 35.7. The van der Waals surface area contributed by atoms with Crippen LogP contribution in [0.4, 0.5) is 9.59 Å². The molecule has 0 aromatic rings. The van der Waals surface area contributed by atoms with Gasteiger partial charge in [-0.25, -0.2) is 27.6 Å². The first-order chi connectivity index (χ1) is 22.5. The van der Waals surface area contributed by atoms with Gasteiger partial charge < -0.3 is 29.0 Å². The van der Waals surface area contributed by atoms with Gasteiger partial charge in [0.2, 0.25) is 9.05 Å². The number of likely N-dealkylation sites (tertiary alicyclic amines) is 2. The first-order valence-electron chi connectivity index (χ1n) is 15.8. The molecule has 0 unspecified atom stereocenters. The van der Waals surface area contributed by atoms with Crippen LogP contribution < -0.4 is 0 Å². The number of β-amino-alcohol motifs (C(OH)–C–C–N with tert-alkyl or cyclic N) is 1. The van der Waals surface area contributed by atoms with E-state index in [0.29, 0.717) is 0 Å². The maximum Gasteiger partial charge on any atom is 0.411 e. The SMILES string of the molecule is CCN(CC)CC.COC(=O)[C@@H]1C[C@H](O)CN1C(=O)OC(C)(C)C.COC(=O)[C@@H]1C[C@H](OS(C)(=O)=O)CN1C(=O)OC(C)(C)C.CS(=O)(=O)Cl. The van der Waals surface area contributed by atoms with Crippen LogP contribution in [0.2, 0.25) is 0 Å². The van der Waals surface area contributed by atoms with Crippen molar-refractivity contribution >= 4 is 54.0 Å². The minimum atomic E-state index is -3.68. The molecular formula is C30H58ClN3O14S2. The van der Waals surface area contributed by atoms with E-state index in [-0.39, 0.29) is 25.9 Å². The maximum absolute atomic E-state index is 12.1. The molecule has 2 amide bonds. The molecule has 2 heterocycles. The van der Waals surface area contributed by atoms with E-state index in [4.69, 9.17) is 13.7 Å². The third kappa shape index (κ3) is 23.1. The molecule has 17 nitrogen and oxygen atoms in total. The second-order valence-electron chi connectivity index (χ2n) is 13.2. The van der Waals surface area contributed by atoms with Crippen LogP contribution in [0.15, 0.2) is 0 Å². The molecule has 4 atom stereocenters. The molecule has 0 radical (unpaired) electrons. The maximum atomic E-state index is 12.1. The van der Waals surface area contributed by atoms with Crippen LogP contribution in [0.1, 0.15) is 75.2 Å². The van der Waals surface area contributed by atoms with Crippen molar-refractivity contribution in [2.45, 2.75) is 111 Å². The third-order valence-corrected chi connectivity index (χ3v) is 7.02. The largest absolute Gasteiger partial charge is 0.467 e. The Kier molecular flexibility index (Phi) is 21.7. The molecular weight excluding hydrogens is 726 g/mol. The van der Waals surface area contributed by atoms with Gasteiger partial charge in [0.1, 0.15) is 23.3 Å². The van der Waals surface area contributed by atoms with Gasteiger partial charge in [-0.2, -0.15) is 8.42 Å². The molecule has 0 spiro atoms. The molecule has 2 aliphatic heterocycles. The number of aliphatic hydroxyl groups excluding tert-OH is 1. The zero-order valence-corrected chi connectivity index (χ0v) is 33.9. The Hall–Kier alpha value is -2.45. The minimum absolute atomic E-state index is 0.0407. The van der Waals surface area contributed by atoms with Gasteiger partial charge in [0, 0.05) is 23.5 Å². The molecule has 2 saturated heterocycles. The highest BCUT2D eigenvalue weighted by molar-refractivity contribution is 8.13. The first kappa shape index (κ1) is 49.7. The quantitative estimate of drug-likeness (QED) is 0.170. The summed E-state index contributed by atoms with van der Waals surface area (Å²) in [6.07, 6.45) is -0.763. The van der Waals surface area contributed by atoms with Gasteiger partial charge in [-0.3, -0.25) is 14.0 Å². The number of rotatable bonds is 7. The zero-order chi connectivity index (χ0) is 39.8. The number of hydrogen-bond acceptors (Lipinski definition) is 15. The number of hydrogen-bond donors (Lipinski definition) is 1. The summed E-state index contributed by atoms with van der Waals surface area (Å²) in [6.45, 7) is 20.5. The van der Waals surface area contributed by atoms with Crippen molar-refractivity contribution < 1.29 is 64.3 Å². The van der Waals surface area contributed by atoms with Gasteiger partial charge in [0.25, 0.3) is 10.1 Å². The van der Waals surface area contributed by atoms with E-state index in [1.165, 1.54) is 38.8 Å². The lowest BCUT2D eigenvalue weighted by Crippen LogP contribution is -2.44. The van der Waals surface area contributed by atoms with E-state index in [2.05, 4.69) is 45.8 Å². The molecule has 0 aromatic carbocycles. The Labute approximate surface area is 302 Å². The van der Waals surface area contributed by atoms with Gasteiger partial charge >= 0.3 is 24.1 Å². The standard InChI is InChI=1S/C12H21NO7S.C11H19NO5.C6H15N.CH3ClO2S/c1-12(2,3)19-11(15)13-7-8(20-21(5,16)17)6-9(13)10(14)18-4;1-11(2,3)17-10(15)12-6-7(13)5-8(12)9(14)16-4;1-4-7(5-2)6-3;1-5(2,3)4/h8-9H,6-7H2,1-5H3;7-8,13H,5-6H2,1-4H3;4-6H2,1-3H3;1H3/t8-,9-;7-,8-;;/m00../s1. The minimum Gasteiger partial charge on any atom is -0.467 e. The normalized spacial score (nSPS) is 20.6. The van der Waals surface area contributed by atoms with Gasteiger partial charge in [-0.15, -0.1) is 0 Å². The van der Waals surface area contributed by atoms with Crippen LogP contribution in [0.5, 0.6) is 0 Å². The lowest BCUT2D eigenvalue weighted by molar-refractivity contribution is -0.146. The van der Waals surface area contributed by atoms with Crippen LogP contribution in [-0.4, -0.2) is 156 Å². The zero-order valence-electron chi connectivity index (χ0n) is 31.5. The van der Waals surface area contributed by atoms with E-state index in [1.54, 1.807) is 41.5 Å². The second-order valence-corrected chi connectivity index (χ2v) is 17.8. The molecule has 296 valence electrons. The van der Waals surface area contributed by atoms with Crippen LogP contribution in [-0.2, 0) is 51.9 Å². The number of esters is 2. The predicted octanol–water partition coefficient (Wildman–Crippen LogP) is 2.58. The molecule has 20 heteroatoms. The Morgan fingerprint density at radius 1 is 0.740 bits per heavy atom. The van der Waals surface area contributed by atoms with Crippen LogP contribution in [0.25, 0.3) is 0 Å². The van der Waals surface area contributed by atoms with E-state index < -0.39 is 78.8 Å². The summed E-state index contributed by atoms with van der Waals surface area (Å²) < 4.78 is 65.6. The number of amides is 2. The Bertz CT molecular complexity index is 1280. The van der Waals surface area contributed by atoms with Crippen LogP contribution in [0, 0.1) is 0 Å². The summed E-state index contributed by atoms with van der Waals surface area (Å²) in [5.74, 6) is -1.17. The Morgan fingerprint density at radius 3 is 1.36 bits per heavy atom. The first-order valence-corrected chi connectivity index (χ1v) is 20.4. The number of carbonyl (C=O) groups excluding carboxylic acids is 4. The predicted molar refractivity (Wildman–Crippen MR) is 187 cm³/mol. The lowest BCUT2D eigenvalue weighted by Gasteiger charge is -2.27. The number of halogens is 1. The smallest absolute Gasteiger partial charge is 0.411 e. The van der Waals surface area contributed by atoms with E-state index in [1.807, 2.05) is 0 Å². The summed E-state index contributed by atoms with van der Waals surface area (Å²) >= 11 is 0. The number of carbonyl (C=O) groups is 4. The molecule has 50 heavy (non-hydrogen) atoms. The van der Waals surface area contributed by atoms with Crippen molar-refractivity contribution in [1.29, 1.82) is 0 Å². The fraction of sp³-hybridized carbons (Fsp3) is 0.867. The van der Waals surface area contributed by atoms with E-state index in [0.717, 1.165) is 17.4 Å². The average molecular weight is 784 g/mol. The van der Waals surface area contributed by atoms with Gasteiger partial charge in [-0.1, -0.05) is 20.8 Å². The fourth-order valence-corrected chi connectivity index (χ4v) is 5.00. The average Bonchev–Trinajstić information content (AvgIpc) is 3.54. The topological polar surface area (TPSA) is 213 Å². The molecule has 0 aromatic heterocycles. The summed E-state index contributed by atoms with van der Waals surface area (Å²) in [7, 11) is 0.0744. The Balaban J connectivity index is 0. The highest BCUT2D eigenvalue weighted by Crippen LogP contribution is 2.25. The van der Waals surface area contributed by atoms with Crippen molar-refractivity contribution in [3.8, 4) is 0 Å². The lowest BCUT2D eigenvalue weighted by atomic mass is 10.2. The summed E-state index contributed by atoms with van der Waals surface area (Å²) in [5, 5.41) is 9.50. The number of methoxy groups -OCH3 is 2. The van der Waals surface area contributed by atoms with E-state index in [9.17, 15) is 41.1 Å². The number of nitrogens with zero attached hydrogens (tertiary/aromatic N) is 3. The summed E-state index contributed by atoms with van der Waals surface area (Å²) in [6, 6.07) is -1.68. The molecule has 2 aliphatic rings. The van der Waals surface area contributed by atoms with Crippen LogP contribution >= 0.6 is 10.7 Å². The molecule has 0 saturated carbocycles. The van der Waals surface area contributed by atoms with Crippen LogP contribution in [0.3, 0.4) is 0 Å². The molecule has 0 aliphatic carbocycles.